The number of piperidine rings is 1. The molecule has 0 N–H and O–H groups in total. The lowest BCUT2D eigenvalue weighted by atomic mass is 9.97. The molecule has 2 saturated heterocycles. The van der Waals surface area contributed by atoms with Gasteiger partial charge in [0.1, 0.15) is 6.04 Å². The van der Waals surface area contributed by atoms with E-state index in [4.69, 9.17) is 4.74 Å². The fraction of sp³-hybridized carbons (Fsp3) is 0.857. The summed E-state index contributed by atoms with van der Waals surface area (Å²) in [5, 5.41) is 0. The van der Waals surface area contributed by atoms with Crippen LogP contribution in [0.1, 0.15) is 25.7 Å². The van der Waals surface area contributed by atoms with E-state index in [1.54, 1.807) is 4.90 Å². The largest absolute Gasteiger partial charge is 0.468 e. The van der Waals surface area contributed by atoms with E-state index in [0.29, 0.717) is 25.9 Å². The first-order chi connectivity index (χ1) is 10.3. The van der Waals surface area contributed by atoms with Crippen molar-refractivity contribution in [1.82, 2.24) is 9.80 Å². The van der Waals surface area contributed by atoms with Crippen LogP contribution < -0.4 is 0 Å². The van der Waals surface area contributed by atoms with Crippen LogP contribution in [0, 0.1) is 5.92 Å². The Kier molecular flexibility index (Phi) is 5.31. The second-order valence-electron chi connectivity index (χ2n) is 5.87. The first-order valence-corrected chi connectivity index (χ1v) is 7.49. The van der Waals surface area contributed by atoms with E-state index in [9.17, 15) is 22.8 Å². The number of hydrogen-bond donors (Lipinski definition) is 0. The van der Waals surface area contributed by atoms with Crippen LogP contribution in [-0.2, 0) is 14.3 Å². The maximum Gasteiger partial charge on any atom is 0.393 e. The molecule has 0 saturated carbocycles. The molecule has 0 aliphatic carbocycles. The number of amides is 1. The van der Waals surface area contributed by atoms with Crippen molar-refractivity contribution in [3.05, 3.63) is 0 Å². The van der Waals surface area contributed by atoms with Gasteiger partial charge in [-0.3, -0.25) is 14.5 Å². The zero-order chi connectivity index (χ0) is 16.3. The summed E-state index contributed by atoms with van der Waals surface area (Å²) in [6, 6.07) is -0.461. The van der Waals surface area contributed by atoms with Gasteiger partial charge in [-0.25, -0.2) is 0 Å². The van der Waals surface area contributed by atoms with Crippen molar-refractivity contribution in [3.8, 4) is 0 Å². The molecule has 2 aliphatic heterocycles. The molecule has 0 bridgehead atoms. The molecule has 0 aromatic carbocycles. The maximum atomic E-state index is 12.8. The van der Waals surface area contributed by atoms with E-state index in [1.165, 1.54) is 12.0 Å². The van der Waals surface area contributed by atoms with E-state index in [1.807, 2.05) is 0 Å². The van der Waals surface area contributed by atoms with Crippen LogP contribution in [0.5, 0.6) is 0 Å². The second-order valence-corrected chi connectivity index (χ2v) is 5.87. The van der Waals surface area contributed by atoms with Crippen LogP contribution in [0.15, 0.2) is 0 Å². The number of methoxy groups -OCH3 is 1. The summed E-state index contributed by atoms with van der Waals surface area (Å²) in [5.74, 6) is -2.18. The van der Waals surface area contributed by atoms with Crippen molar-refractivity contribution >= 4 is 11.9 Å². The van der Waals surface area contributed by atoms with Crippen molar-refractivity contribution in [2.24, 2.45) is 5.92 Å². The summed E-state index contributed by atoms with van der Waals surface area (Å²) in [6.45, 7) is 0.633. The van der Waals surface area contributed by atoms with Crippen molar-refractivity contribution < 1.29 is 27.5 Å². The number of hydrogen-bond acceptors (Lipinski definition) is 4. The first kappa shape index (κ1) is 17.1. The van der Waals surface area contributed by atoms with Gasteiger partial charge in [0, 0.05) is 13.1 Å². The van der Waals surface area contributed by atoms with Crippen molar-refractivity contribution in [2.75, 3.05) is 33.3 Å². The number of alkyl halides is 3. The number of likely N-dealkylation sites (tertiary alicyclic amines) is 2. The molecule has 1 amide bonds. The summed E-state index contributed by atoms with van der Waals surface area (Å²) in [5.41, 5.74) is 0. The third kappa shape index (κ3) is 3.91. The molecule has 2 atom stereocenters. The Labute approximate surface area is 127 Å². The lowest BCUT2D eigenvalue weighted by Gasteiger charge is -2.35. The van der Waals surface area contributed by atoms with Crippen molar-refractivity contribution in [1.29, 1.82) is 0 Å². The Bertz CT molecular complexity index is 428. The van der Waals surface area contributed by atoms with Gasteiger partial charge < -0.3 is 9.64 Å². The van der Waals surface area contributed by atoms with Crippen LogP contribution >= 0.6 is 0 Å². The van der Waals surface area contributed by atoms with E-state index in [-0.39, 0.29) is 25.4 Å². The van der Waals surface area contributed by atoms with Gasteiger partial charge in [-0.2, -0.15) is 13.2 Å². The minimum absolute atomic E-state index is 0.0235. The van der Waals surface area contributed by atoms with Gasteiger partial charge >= 0.3 is 12.1 Å². The SMILES string of the molecule is COC(=O)[C@@H]1CCCN1CC(=O)N1CCC[C@@H](C(F)(F)F)C1. The molecule has 0 unspecified atom stereocenters. The van der Waals surface area contributed by atoms with Gasteiger partial charge in [0.15, 0.2) is 0 Å². The maximum absolute atomic E-state index is 12.8. The Morgan fingerprint density at radius 3 is 2.50 bits per heavy atom. The Morgan fingerprint density at radius 2 is 1.86 bits per heavy atom. The van der Waals surface area contributed by atoms with Gasteiger partial charge in [-0.05, 0) is 32.2 Å². The van der Waals surface area contributed by atoms with Gasteiger partial charge in [0.25, 0.3) is 0 Å². The van der Waals surface area contributed by atoms with Crippen LogP contribution in [0.25, 0.3) is 0 Å². The fourth-order valence-corrected chi connectivity index (χ4v) is 3.16. The average Bonchev–Trinajstić information content (AvgIpc) is 2.93. The van der Waals surface area contributed by atoms with Crippen LogP contribution in [0.2, 0.25) is 0 Å². The number of halogens is 3. The molecule has 5 nitrogen and oxygen atoms in total. The highest BCUT2D eigenvalue weighted by atomic mass is 19.4. The van der Waals surface area contributed by atoms with Crippen molar-refractivity contribution in [3.63, 3.8) is 0 Å². The normalized spacial score (nSPS) is 27.0. The Balaban J connectivity index is 1.93. The summed E-state index contributed by atoms with van der Waals surface area (Å²) in [4.78, 5) is 26.8. The smallest absolute Gasteiger partial charge is 0.393 e. The van der Waals surface area contributed by atoms with Gasteiger partial charge in [0.05, 0.1) is 19.6 Å². The topological polar surface area (TPSA) is 49.9 Å². The van der Waals surface area contributed by atoms with Crippen molar-refractivity contribution in [2.45, 2.75) is 37.9 Å². The van der Waals surface area contributed by atoms with Gasteiger partial charge in [-0.15, -0.1) is 0 Å². The minimum atomic E-state index is -4.26. The minimum Gasteiger partial charge on any atom is -0.468 e. The lowest BCUT2D eigenvalue weighted by molar-refractivity contribution is -0.188. The van der Waals surface area contributed by atoms with E-state index in [0.717, 1.165) is 6.42 Å². The number of carbonyl (C=O) groups is 2. The zero-order valence-electron chi connectivity index (χ0n) is 12.6. The molecule has 2 heterocycles. The third-order valence-electron chi connectivity index (χ3n) is 4.41. The molecule has 0 aromatic rings. The molecule has 22 heavy (non-hydrogen) atoms. The summed E-state index contributed by atoms with van der Waals surface area (Å²) >= 11 is 0. The monoisotopic (exact) mass is 322 g/mol. The Hall–Kier alpha value is -1.31. The number of carbonyl (C=O) groups excluding carboxylic acids is 2. The Morgan fingerprint density at radius 1 is 1.18 bits per heavy atom. The summed E-state index contributed by atoms with van der Waals surface area (Å²) in [6.07, 6.45) is -2.44. The molecule has 8 heteroatoms. The molecule has 126 valence electrons. The molecular weight excluding hydrogens is 301 g/mol. The number of esters is 1. The first-order valence-electron chi connectivity index (χ1n) is 7.49. The van der Waals surface area contributed by atoms with Crippen LogP contribution in [0.4, 0.5) is 13.2 Å². The molecular formula is C14H21F3N2O3. The molecule has 0 aromatic heterocycles. The molecule has 2 fully saturated rings. The van der Waals surface area contributed by atoms with E-state index < -0.39 is 24.1 Å². The lowest BCUT2D eigenvalue weighted by Crippen LogP contribution is -2.49. The molecule has 0 spiro atoms. The summed E-state index contributed by atoms with van der Waals surface area (Å²) in [7, 11) is 1.29. The van der Waals surface area contributed by atoms with Crippen LogP contribution in [0.3, 0.4) is 0 Å². The fourth-order valence-electron chi connectivity index (χ4n) is 3.16. The summed E-state index contributed by atoms with van der Waals surface area (Å²) < 4.78 is 43.1. The van der Waals surface area contributed by atoms with E-state index in [2.05, 4.69) is 0 Å². The molecule has 2 aliphatic rings. The third-order valence-corrected chi connectivity index (χ3v) is 4.41. The van der Waals surface area contributed by atoms with Gasteiger partial charge in [-0.1, -0.05) is 0 Å². The molecule has 0 radical (unpaired) electrons. The second kappa shape index (κ2) is 6.85. The predicted molar refractivity (Wildman–Crippen MR) is 72.0 cm³/mol. The standard InChI is InChI=1S/C14H21F3N2O3/c1-22-13(21)11-5-3-6-18(11)9-12(20)19-7-2-4-10(8-19)14(15,16)17/h10-11H,2-9H2,1H3/t10-,11+/m1/s1. The molecule has 2 rings (SSSR count). The van der Waals surface area contributed by atoms with Crippen LogP contribution in [-0.4, -0.2) is 67.2 Å². The zero-order valence-corrected chi connectivity index (χ0v) is 12.6. The predicted octanol–water partition coefficient (Wildman–Crippen LogP) is 1.42. The van der Waals surface area contributed by atoms with Gasteiger partial charge in [0.2, 0.25) is 5.91 Å². The highest BCUT2D eigenvalue weighted by Crippen LogP contribution is 2.33. The van der Waals surface area contributed by atoms with E-state index >= 15 is 0 Å². The number of ether oxygens (including phenoxy) is 1. The number of rotatable bonds is 3. The highest BCUT2D eigenvalue weighted by Gasteiger charge is 2.43. The quantitative estimate of drug-likeness (QED) is 0.738. The number of nitrogens with zero attached hydrogens (tertiary/aromatic N) is 2. The average molecular weight is 322 g/mol. The highest BCUT2D eigenvalue weighted by molar-refractivity contribution is 5.81.